The van der Waals surface area contributed by atoms with Crippen LogP contribution in [-0.4, -0.2) is 21.5 Å². The molecule has 3 rings (SSSR count). The molecule has 1 heterocycles. The molecule has 1 aromatic heterocycles. The highest BCUT2D eigenvalue weighted by Crippen LogP contribution is 2.28. The van der Waals surface area contributed by atoms with E-state index in [9.17, 15) is 4.79 Å². The number of ketones is 1. The largest absolute Gasteiger partial charge is 0.490 e. The van der Waals surface area contributed by atoms with Crippen LogP contribution in [0.5, 0.6) is 5.75 Å². The Morgan fingerprint density at radius 1 is 1.47 bits per heavy atom. The van der Waals surface area contributed by atoms with Gasteiger partial charge in [-0.1, -0.05) is 23.5 Å². The van der Waals surface area contributed by atoms with Crippen molar-refractivity contribution in [3.8, 4) is 5.75 Å². The number of aryl methyl sites for hydroxylation is 1. The minimum atomic E-state index is -0.0203. The van der Waals surface area contributed by atoms with E-state index >= 15 is 0 Å². The Morgan fingerprint density at radius 2 is 2.32 bits per heavy atom. The molecule has 0 saturated heterocycles. The van der Waals surface area contributed by atoms with Crippen molar-refractivity contribution in [1.29, 1.82) is 0 Å². The average molecular weight is 274 g/mol. The van der Waals surface area contributed by atoms with Crippen molar-refractivity contribution in [3.05, 3.63) is 40.4 Å². The van der Waals surface area contributed by atoms with E-state index in [1.807, 2.05) is 19.1 Å². The lowest BCUT2D eigenvalue weighted by Gasteiger charge is -2.06. The van der Waals surface area contributed by atoms with E-state index in [4.69, 9.17) is 4.74 Å². The molecule has 0 aliphatic heterocycles. The molecule has 0 amide bonds. The summed E-state index contributed by atoms with van der Waals surface area (Å²) in [5.74, 6) is 0.747. The quantitative estimate of drug-likeness (QED) is 0.787. The molecule has 5 heteroatoms. The highest BCUT2D eigenvalue weighted by atomic mass is 32.1. The molecular weight excluding hydrogens is 260 g/mol. The molecular formula is C14H14N2O2S. The Bertz CT molecular complexity index is 605. The summed E-state index contributed by atoms with van der Waals surface area (Å²) < 4.78 is 9.57. The summed E-state index contributed by atoms with van der Waals surface area (Å²) in [6, 6.07) is 7.35. The fourth-order valence-electron chi connectivity index (χ4n) is 1.83. The van der Waals surface area contributed by atoms with Crippen LogP contribution in [0.25, 0.3) is 0 Å². The number of carbonyl (C=O) groups is 1. The van der Waals surface area contributed by atoms with E-state index in [0.717, 1.165) is 42.2 Å². The lowest BCUT2D eigenvalue weighted by Crippen LogP contribution is -2.03. The van der Waals surface area contributed by atoms with Gasteiger partial charge in [0.05, 0.1) is 11.8 Å². The molecule has 0 spiro atoms. The molecule has 1 aliphatic carbocycles. The number of aromatic nitrogens is 2. The number of hydrogen-bond donors (Lipinski definition) is 0. The van der Waals surface area contributed by atoms with Gasteiger partial charge in [-0.3, -0.25) is 4.79 Å². The molecule has 0 N–H and O–H groups in total. The van der Waals surface area contributed by atoms with E-state index < -0.39 is 0 Å². The van der Waals surface area contributed by atoms with Gasteiger partial charge >= 0.3 is 0 Å². The molecule has 0 unspecified atom stereocenters. The third-order valence-electron chi connectivity index (χ3n) is 3.02. The minimum Gasteiger partial charge on any atom is -0.490 e. The van der Waals surface area contributed by atoms with Crippen molar-refractivity contribution in [2.45, 2.75) is 32.3 Å². The Labute approximate surface area is 115 Å². The van der Waals surface area contributed by atoms with Crippen molar-refractivity contribution in [3.63, 3.8) is 0 Å². The number of nitrogens with zero attached hydrogens (tertiary/aromatic N) is 2. The second-order valence-corrected chi connectivity index (χ2v) is 5.33. The van der Waals surface area contributed by atoms with Gasteiger partial charge in [0, 0.05) is 5.56 Å². The zero-order valence-corrected chi connectivity index (χ0v) is 11.4. The predicted octanol–water partition coefficient (Wildman–Crippen LogP) is 2.87. The first-order chi connectivity index (χ1) is 9.28. The molecule has 98 valence electrons. The van der Waals surface area contributed by atoms with Gasteiger partial charge in [-0.15, -0.1) is 5.10 Å². The molecule has 1 aliphatic rings. The van der Waals surface area contributed by atoms with E-state index in [2.05, 4.69) is 9.59 Å². The highest BCUT2D eigenvalue weighted by Gasteiger charge is 2.24. The van der Waals surface area contributed by atoms with Crippen LogP contribution in [0, 0.1) is 0 Å². The summed E-state index contributed by atoms with van der Waals surface area (Å²) in [5, 5.41) is 3.98. The van der Waals surface area contributed by atoms with Gasteiger partial charge in [0.1, 0.15) is 10.6 Å². The molecule has 0 radical (unpaired) electrons. The van der Waals surface area contributed by atoms with Gasteiger partial charge < -0.3 is 4.74 Å². The maximum absolute atomic E-state index is 12.4. The zero-order valence-electron chi connectivity index (χ0n) is 10.6. The summed E-state index contributed by atoms with van der Waals surface area (Å²) in [6.07, 6.45) is 3.27. The van der Waals surface area contributed by atoms with Crippen LogP contribution in [0.15, 0.2) is 24.3 Å². The lowest BCUT2D eigenvalue weighted by atomic mass is 10.1. The van der Waals surface area contributed by atoms with Crippen molar-refractivity contribution in [1.82, 2.24) is 9.59 Å². The van der Waals surface area contributed by atoms with E-state index in [0.29, 0.717) is 16.5 Å². The molecule has 1 saturated carbocycles. The van der Waals surface area contributed by atoms with Crippen molar-refractivity contribution >= 4 is 17.3 Å². The van der Waals surface area contributed by atoms with Crippen molar-refractivity contribution < 1.29 is 9.53 Å². The first-order valence-electron chi connectivity index (χ1n) is 6.40. The molecule has 2 aromatic rings. The van der Waals surface area contributed by atoms with Crippen LogP contribution in [0.1, 0.15) is 40.7 Å². The summed E-state index contributed by atoms with van der Waals surface area (Å²) in [4.78, 5) is 13.0. The van der Waals surface area contributed by atoms with Gasteiger partial charge in [0.15, 0.2) is 0 Å². The Kier molecular flexibility index (Phi) is 3.29. The summed E-state index contributed by atoms with van der Waals surface area (Å²) in [5.41, 5.74) is 1.41. The van der Waals surface area contributed by atoms with E-state index in [-0.39, 0.29) is 5.78 Å². The molecule has 4 nitrogen and oxygen atoms in total. The van der Waals surface area contributed by atoms with Gasteiger partial charge in [0.2, 0.25) is 5.78 Å². The second-order valence-electron chi connectivity index (χ2n) is 4.58. The third kappa shape index (κ3) is 2.66. The molecule has 0 atom stereocenters. The number of carbonyl (C=O) groups excluding carboxylic acids is 1. The van der Waals surface area contributed by atoms with Gasteiger partial charge in [-0.25, -0.2) is 0 Å². The second kappa shape index (κ2) is 5.09. The highest BCUT2D eigenvalue weighted by molar-refractivity contribution is 7.08. The van der Waals surface area contributed by atoms with Crippen molar-refractivity contribution in [2.75, 3.05) is 0 Å². The van der Waals surface area contributed by atoms with E-state index in [1.54, 1.807) is 12.1 Å². The van der Waals surface area contributed by atoms with Crippen LogP contribution >= 0.6 is 11.5 Å². The number of ether oxygens (including phenoxy) is 1. The predicted molar refractivity (Wildman–Crippen MR) is 72.8 cm³/mol. The number of hydrogen-bond acceptors (Lipinski definition) is 5. The summed E-state index contributed by atoms with van der Waals surface area (Å²) in [6.45, 7) is 1.97. The smallest absolute Gasteiger partial charge is 0.206 e. The monoisotopic (exact) mass is 274 g/mol. The number of rotatable bonds is 5. The van der Waals surface area contributed by atoms with Gasteiger partial charge in [-0.2, -0.15) is 0 Å². The zero-order chi connectivity index (χ0) is 13.2. The van der Waals surface area contributed by atoms with Gasteiger partial charge in [-0.05, 0) is 42.9 Å². The van der Waals surface area contributed by atoms with Crippen molar-refractivity contribution in [2.24, 2.45) is 0 Å². The fraction of sp³-hybridized carbons (Fsp3) is 0.357. The fourth-order valence-corrected chi connectivity index (χ4v) is 2.54. The molecule has 0 bridgehead atoms. The van der Waals surface area contributed by atoms with Crippen LogP contribution in [0.4, 0.5) is 0 Å². The number of benzene rings is 1. The molecule has 1 aromatic carbocycles. The standard InChI is InChI=1S/C14H14N2O2S/c1-2-12-14(19-16-15-12)13(17)9-4-3-5-11(8-9)18-10-6-7-10/h3-5,8,10H,2,6-7H2,1H3. The van der Waals surface area contributed by atoms with Crippen LogP contribution in [0.3, 0.4) is 0 Å². The van der Waals surface area contributed by atoms with Crippen LogP contribution < -0.4 is 4.74 Å². The third-order valence-corrected chi connectivity index (χ3v) is 3.79. The first-order valence-corrected chi connectivity index (χ1v) is 7.18. The SMILES string of the molecule is CCc1nnsc1C(=O)c1cccc(OC2CC2)c1. The lowest BCUT2D eigenvalue weighted by molar-refractivity contribution is 0.104. The molecule has 19 heavy (non-hydrogen) atoms. The summed E-state index contributed by atoms with van der Waals surface area (Å²) >= 11 is 1.16. The maximum Gasteiger partial charge on any atom is 0.206 e. The van der Waals surface area contributed by atoms with Crippen LogP contribution in [-0.2, 0) is 6.42 Å². The Morgan fingerprint density at radius 3 is 3.05 bits per heavy atom. The first kappa shape index (κ1) is 12.3. The maximum atomic E-state index is 12.4. The Hall–Kier alpha value is -1.75. The topological polar surface area (TPSA) is 52.1 Å². The summed E-state index contributed by atoms with van der Waals surface area (Å²) in [7, 11) is 0. The Balaban J connectivity index is 1.86. The minimum absolute atomic E-state index is 0.0203. The normalized spacial score (nSPS) is 14.4. The van der Waals surface area contributed by atoms with E-state index in [1.165, 1.54) is 0 Å². The average Bonchev–Trinajstić information content (AvgIpc) is 3.11. The van der Waals surface area contributed by atoms with Gasteiger partial charge in [0.25, 0.3) is 0 Å². The molecule has 1 fully saturated rings. The van der Waals surface area contributed by atoms with Crippen LogP contribution in [0.2, 0.25) is 0 Å².